The number of nitrogens with zero attached hydrogens (tertiary/aromatic N) is 4. The van der Waals surface area contributed by atoms with Crippen molar-refractivity contribution in [3.05, 3.63) is 51.5 Å². The van der Waals surface area contributed by atoms with E-state index in [2.05, 4.69) is 30.4 Å². The second kappa shape index (κ2) is 7.68. The van der Waals surface area contributed by atoms with Gasteiger partial charge in [-0.25, -0.2) is 4.98 Å². The molecule has 0 radical (unpaired) electrons. The summed E-state index contributed by atoms with van der Waals surface area (Å²) in [5.41, 5.74) is 0.563. The van der Waals surface area contributed by atoms with Crippen LogP contribution in [0.15, 0.2) is 35.1 Å². The van der Waals surface area contributed by atoms with Crippen molar-refractivity contribution < 1.29 is 4.79 Å². The highest BCUT2D eigenvalue weighted by atomic mass is 79.9. The molecule has 7 heteroatoms. The predicted octanol–water partition coefficient (Wildman–Crippen LogP) is 3.07. The van der Waals surface area contributed by atoms with Gasteiger partial charge in [-0.05, 0) is 25.1 Å². The van der Waals surface area contributed by atoms with Crippen molar-refractivity contribution in [2.75, 3.05) is 32.7 Å². The number of hydrogen-bond donors (Lipinski definition) is 0. The van der Waals surface area contributed by atoms with E-state index in [-0.39, 0.29) is 5.91 Å². The fourth-order valence-electron chi connectivity index (χ4n) is 2.90. The summed E-state index contributed by atoms with van der Waals surface area (Å²) >= 11 is 9.57. The zero-order chi connectivity index (χ0) is 17.1. The summed E-state index contributed by atoms with van der Waals surface area (Å²) < 4.78 is 3.02. The Hall–Kier alpha value is -1.37. The van der Waals surface area contributed by atoms with Gasteiger partial charge in [-0.2, -0.15) is 0 Å². The SMILES string of the molecule is Cc1nccn1CCN1CCN(C(=O)c2cc(Br)ccc2Cl)CC1. The lowest BCUT2D eigenvalue weighted by molar-refractivity contribution is 0.0633. The highest BCUT2D eigenvalue weighted by molar-refractivity contribution is 9.10. The van der Waals surface area contributed by atoms with Crippen LogP contribution in [0.3, 0.4) is 0 Å². The molecule has 0 N–H and O–H groups in total. The summed E-state index contributed by atoms with van der Waals surface area (Å²) in [6, 6.07) is 5.39. The van der Waals surface area contributed by atoms with Crippen LogP contribution in [-0.4, -0.2) is 58.0 Å². The Kier molecular flexibility index (Phi) is 5.58. The molecule has 0 atom stereocenters. The van der Waals surface area contributed by atoms with Crippen LogP contribution in [0, 0.1) is 6.92 Å². The van der Waals surface area contributed by atoms with Crippen LogP contribution in [0.5, 0.6) is 0 Å². The molecule has 3 rings (SSSR count). The lowest BCUT2D eigenvalue weighted by Crippen LogP contribution is -2.49. The minimum atomic E-state index is 0.00593. The maximum atomic E-state index is 12.7. The van der Waals surface area contributed by atoms with E-state index in [4.69, 9.17) is 11.6 Å². The molecular formula is C17H20BrClN4O. The third-order valence-electron chi connectivity index (χ3n) is 4.40. The summed E-state index contributed by atoms with van der Waals surface area (Å²) in [6.45, 7) is 7.12. The molecule has 1 fully saturated rings. The van der Waals surface area contributed by atoms with Crippen LogP contribution in [0.2, 0.25) is 5.02 Å². The first-order chi connectivity index (χ1) is 11.5. The molecule has 1 aromatic carbocycles. The lowest BCUT2D eigenvalue weighted by atomic mass is 10.2. The monoisotopic (exact) mass is 410 g/mol. The Morgan fingerprint density at radius 1 is 1.25 bits per heavy atom. The molecule has 1 aliphatic rings. The van der Waals surface area contributed by atoms with Gasteiger partial charge in [0.1, 0.15) is 5.82 Å². The number of carbonyl (C=O) groups excluding carboxylic acids is 1. The molecule has 0 spiro atoms. The maximum Gasteiger partial charge on any atom is 0.255 e. The molecule has 24 heavy (non-hydrogen) atoms. The summed E-state index contributed by atoms with van der Waals surface area (Å²) in [5, 5.41) is 0.501. The number of hydrogen-bond acceptors (Lipinski definition) is 3. The molecule has 1 amide bonds. The predicted molar refractivity (Wildman–Crippen MR) is 98.5 cm³/mol. The number of amides is 1. The Labute approximate surface area is 155 Å². The Morgan fingerprint density at radius 3 is 2.67 bits per heavy atom. The van der Waals surface area contributed by atoms with Gasteiger partial charge in [-0.3, -0.25) is 9.69 Å². The van der Waals surface area contributed by atoms with Gasteiger partial charge in [0.2, 0.25) is 0 Å². The average Bonchev–Trinajstić information content (AvgIpc) is 3.00. The van der Waals surface area contributed by atoms with E-state index < -0.39 is 0 Å². The quantitative estimate of drug-likeness (QED) is 0.776. The van der Waals surface area contributed by atoms with Gasteiger partial charge >= 0.3 is 0 Å². The lowest BCUT2D eigenvalue weighted by Gasteiger charge is -2.35. The molecule has 0 aliphatic carbocycles. The fraction of sp³-hybridized carbons (Fsp3) is 0.412. The molecule has 2 heterocycles. The first-order valence-corrected chi connectivity index (χ1v) is 9.16. The van der Waals surface area contributed by atoms with Gasteiger partial charge in [0, 0.05) is 56.1 Å². The minimum Gasteiger partial charge on any atom is -0.336 e. The molecule has 1 saturated heterocycles. The highest BCUT2D eigenvalue weighted by Crippen LogP contribution is 2.23. The molecule has 128 valence electrons. The number of benzene rings is 1. The van der Waals surface area contributed by atoms with Gasteiger partial charge in [0.25, 0.3) is 5.91 Å². The topological polar surface area (TPSA) is 41.4 Å². The summed E-state index contributed by atoms with van der Waals surface area (Å²) in [5.74, 6) is 1.04. The molecule has 5 nitrogen and oxygen atoms in total. The number of aryl methyl sites for hydroxylation is 1. The highest BCUT2D eigenvalue weighted by Gasteiger charge is 2.23. The standard InChI is InChI=1S/C17H20BrClN4O/c1-13-20-4-5-22(13)9-6-21-7-10-23(11-8-21)17(24)15-12-14(18)2-3-16(15)19/h2-5,12H,6-11H2,1H3. The third kappa shape index (κ3) is 3.99. The van der Waals surface area contributed by atoms with Crippen LogP contribution < -0.4 is 0 Å². The van der Waals surface area contributed by atoms with E-state index in [0.717, 1.165) is 49.6 Å². The zero-order valence-corrected chi connectivity index (χ0v) is 15.9. The average molecular weight is 412 g/mol. The van der Waals surface area contributed by atoms with E-state index in [1.54, 1.807) is 12.1 Å². The van der Waals surface area contributed by atoms with Gasteiger partial charge in [0.15, 0.2) is 0 Å². The van der Waals surface area contributed by atoms with Gasteiger partial charge in [0.05, 0.1) is 10.6 Å². The molecule has 1 aromatic heterocycles. The minimum absolute atomic E-state index is 0.00593. The second-order valence-corrected chi connectivity index (χ2v) is 7.25. The molecule has 2 aromatic rings. The molecule has 1 aliphatic heterocycles. The number of aromatic nitrogens is 2. The van der Waals surface area contributed by atoms with Crippen molar-refractivity contribution in [1.29, 1.82) is 0 Å². The third-order valence-corrected chi connectivity index (χ3v) is 5.22. The zero-order valence-electron chi connectivity index (χ0n) is 13.6. The smallest absolute Gasteiger partial charge is 0.255 e. The van der Waals surface area contributed by atoms with Crippen molar-refractivity contribution in [3.8, 4) is 0 Å². The van der Waals surface area contributed by atoms with Crippen molar-refractivity contribution in [2.45, 2.75) is 13.5 Å². The van der Waals surface area contributed by atoms with Gasteiger partial charge in [-0.15, -0.1) is 0 Å². The van der Waals surface area contributed by atoms with E-state index in [0.29, 0.717) is 10.6 Å². The van der Waals surface area contributed by atoms with Crippen LogP contribution in [-0.2, 0) is 6.54 Å². The largest absolute Gasteiger partial charge is 0.336 e. The summed E-state index contributed by atoms with van der Waals surface area (Å²) in [6.07, 6.45) is 3.83. The maximum absolute atomic E-state index is 12.7. The normalized spacial score (nSPS) is 15.7. The van der Waals surface area contributed by atoms with E-state index in [9.17, 15) is 4.79 Å². The Morgan fingerprint density at radius 2 is 2.00 bits per heavy atom. The van der Waals surface area contributed by atoms with E-state index in [1.165, 1.54) is 0 Å². The number of imidazole rings is 1. The van der Waals surface area contributed by atoms with Crippen molar-refractivity contribution in [3.63, 3.8) is 0 Å². The summed E-state index contributed by atoms with van der Waals surface area (Å²) in [7, 11) is 0. The number of halogens is 2. The van der Waals surface area contributed by atoms with Crippen molar-refractivity contribution >= 4 is 33.4 Å². The Balaban J connectivity index is 1.54. The second-order valence-electron chi connectivity index (χ2n) is 5.93. The number of piperazine rings is 1. The molecular weight excluding hydrogens is 392 g/mol. The van der Waals surface area contributed by atoms with Crippen LogP contribution in [0.4, 0.5) is 0 Å². The Bertz CT molecular complexity index is 725. The molecule has 0 unspecified atom stereocenters. The first kappa shape index (κ1) is 17.5. The molecule has 0 bridgehead atoms. The molecule has 0 saturated carbocycles. The van der Waals surface area contributed by atoms with Crippen LogP contribution >= 0.6 is 27.5 Å². The van der Waals surface area contributed by atoms with E-state index in [1.807, 2.05) is 30.3 Å². The first-order valence-electron chi connectivity index (χ1n) is 7.99. The van der Waals surface area contributed by atoms with Gasteiger partial charge in [-0.1, -0.05) is 27.5 Å². The van der Waals surface area contributed by atoms with Crippen LogP contribution in [0.1, 0.15) is 16.2 Å². The van der Waals surface area contributed by atoms with Crippen molar-refractivity contribution in [1.82, 2.24) is 19.4 Å². The van der Waals surface area contributed by atoms with Crippen LogP contribution in [0.25, 0.3) is 0 Å². The fourth-order valence-corrected chi connectivity index (χ4v) is 3.45. The number of rotatable bonds is 4. The van der Waals surface area contributed by atoms with Gasteiger partial charge < -0.3 is 9.47 Å². The van der Waals surface area contributed by atoms with Crippen molar-refractivity contribution in [2.24, 2.45) is 0 Å². The number of carbonyl (C=O) groups is 1. The van der Waals surface area contributed by atoms with E-state index >= 15 is 0 Å². The summed E-state index contributed by atoms with van der Waals surface area (Å²) in [4.78, 5) is 21.2.